The number of amides is 2. The molecule has 2 aromatic carbocycles. The maximum Gasteiger partial charge on any atom is 0.407 e. The minimum atomic E-state index is -0.561. The van der Waals surface area contributed by atoms with Gasteiger partial charge in [0.25, 0.3) is 5.91 Å². The number of benzene rings is 2. The first kappa shape index (κ1) is 18.9. The van der Waals surface area contributed by atoms with Crippen molar-refractivity contribution >= 4 is 17.7 Å². The van der Waals surface area contributed by atoms with Gasteiger partial charge in [-0.25, -0.2) is 4.79 Å². The van der Waals surface area contributed by atoms with Crippen molar-refractivity contribution in [1.29, 1.82) is 0 Å². The molecular formula is C21H19N3O4. The van der Waals surface area contributed by atoms with Crippen LogP contribution >= 0.6 is 0 Å². The number of pyridine rings is 1. The average molecular weight is 377 g/mol. The summed E-state index contributed by atoms with van der Waals surface area (Å²) in [6, 6.07) is 19.7. The molecule has 0 aliphatic carbocycles. The standard InChI is InChI=1S/C21H19N3O4/c1-27-21(26)23-14-17-13-15(11-12-22-17)20(25)24-16-7-9-19(10-8-16)28-18-5-3-2-4-6-18/h2-13H,14H2,1H3,(H,23,26)(H,24,25). The molecule has 0 saturated carbocycles. The Bertz CT molecular complexity index is 943. The molecule has 0 fully saturated rings. The molecule has 0 radical (unpaired) electrons. The summed E-state index contributed by atoms with van der Waals surface area (Å²) in [7, 11) is 1.28. The fraction of sp³-hybridized carbons (Fsp3) is 0.0952. The highest BCUT2D eigenvalue weighted by Crippen LogP contribution is 2.22. The molecule has 142 valence electrons. The van der Waals surface area contributed by atoms with Gasteiger partial charge in [0.05, 0.1) is 19.3 Å². The Morgan fingerprint density at radius 3 is 2.39 bits per heavy atom. The van der Waals surface area contributed by atoms with Crippen molar-refractivity contribution in [2.24, 2.45) is 0 Å². The maximum absolute atomic E-state index is 12.5. The summed E-state index contributed by atoms with van der Waals surface area (Å²) in [5, 5.41) is 5.34. The van der Waals surface area contributed by atoms with Gasteiger partial charge in [-0.3, -0.25) is 9.78 Å². The largest absolute Gasteiger partial charge is 0.457 e. The van der Waals surface area contributed by atoms with Gasteiger partial charge in [-0.2, -0.15) is 0 Å². The fourth-order valence-electron chi connectivity index (χ4n) is 2.39. The quantitative estimate of drug-likeness (QED) is 0.678. The van der Waals surface area contributed by atoms with E-state index < -0.39 is 6.09 Å². The molecule has 0 aliphatic rings. The van der Waals surface area contributed by atoms with Crippen LogP contribution in [0.1, 0.15) is 16.1 Å². The highest BCUT2D eigenvalue weighted by molar-refractivity contribution is 6.04. The molecule has 7 nitrogen and oxygen atoms in total. The fourth-order valence-corrected chi connectivity index (χ4v) is 2.39. The van der Waals surface area contributed by atoms with Crippen molar-refractivity contribution in [2.45, 2.75) is 6.54 Å². The average Bonchev–Trinajstić information content (AvgIpc) is 2.74. The summed E-state index contributed by atoms with van der Waals surface area (Å²) >= 11 is 0. The van der Waals surface area contributed by atoms with Crippen molar-refractivity contribution in [2.75, 3.05) is 12.4 Å². The van der Waals surface area contributed by atoms with Gasteiger partial charge in [0, 0.05) is 17.4 Å². The smallest absolute Gasteiger partial charge is 0.407 e. The number of aromatic nitrogens is 1. The van der Waals surface area contributed by atoms with E-state index in [1.54, 1.807) is 36.4 Å². The Labute approximate surface area is 162 Å². The highest BCUT2D eigenvalue weighted by Gasteiger charge is 2.09. The number of hydrogen-bond donors (Lipinski definition) is 2. The Morgan fingerprint density at radius 1 is 0.964 bits per heavy atom. The van der Waals surface area contributed by atoms with Gasteiger partial charge < -0.3 is 20.1 Å². The van der Waals surface area contributed by atoms with E-state index in [4.69, 9.17) is 4.74 Å². The van der Waals surface area contributed by atoms with E-state index in [9.17, 15) is 9.59 Å². The molecule has 0 atom stereocenters. The minimum absolute atomic E-state index is 0.166. The summed E-state index contributed by atoms with van der Waals surface area (Å²) in [6.45, 7) is 0.166. The predicted molar refractivity (Wildman–Crippen MR) is 104 cm³/mol. The van der Waals surface area contributed by atoms with Gasteiger partial charge in [0.2, 0.25) is 0 Å². The molecule has 2 N–H and O–H groups in total. The molecule has 1 heterocycles. The first-order valence-corrected chi connectivity index (χ1v) is 8.55. The number of carbonyl (C=O) groups is 2. The van der Waals surface area contributed by atoms with Crippen LogP contribution in [0.2, 0.25) is 0 Å². The number of hydrogen-bond acceptors (Lipinski definition) is 5. The zero-order chi connectivity index (χ0) is 19.8. The predicted octanol–water partition coefficient (Wildman–Crippen LogP) is 3.98. The molecule has 1 aromatic heterocycles. The van der Waals surface area contributed by atoms with Crippen LogP contribution in [-0.4, -0.2) is 24.1 Å². The number of para-hydroxylation sites is 1. The summed E-state index contributed by atoms with van der Waals surface area (Å²) < 4.78 is 10.2. The van der Waals surface area contributed by atoms with E-state index in [2.05, 4.69) is 20.4 Å². The SMILES string of the molecule is COC(=O)NCc1cc(C(=O)Nc2ccc(Oc3ccccc3)cc2)ccn1. The van der Waals surface area contributed by atoms with Crippen molar-refractivity contribution in [3.8, 4) is 11.5 Å². The van der Waals surface area contributed by atoms with Crippen LogP contribution in [0.4, 0.5) is 10.5 Å². The van der Waals surface area contributed by atoms with E-state index in [0.29, 0.717) is 22.7 Å². The molecule has 2 amide bonds. The lowest BCUT2D eigenvalue weighted by Gasteiger charge is -2.09. The van der Waals surface area contributed by atoms with E-state index in [1.165, 1.54) is 13.3 Å². The number of alkyl carbamates (subject to hydrolysis) is 1. The third-order valence-corrected chi connectivity index (χ3v) is 3.77. The van der Waals surface area contributed by atoms with Crippen LogP contribution in [0.15, 0.2) is 72.9 Å². The first-order valence-electron chi connectivity index (χ1n) is 8.55. The van der Waals surface area contributed by atoms with Gasteiger partial charge in [-0.15, -0.1) is 0 Å². The van der Waals surface area contributed by atoms with Gasteiger partial charge in [0.15, 0.2) is 0 Å². The minimum Gasteiger partial charge on any atom is -0.457 e. The van der Waals surface area contributed by atoms with Gasteiger partial charge in [-0.05, 0) is 48.5 Å². The number of methoxy groups -OCH3 is 1. The van der Waals surface area contributed by atoms with Crippen LogP contribution in [0.5, 0.6) is 11.5 Å². The Morgan fingerprint density at radius 2 is 1.68 bits per heavy atom. The lowest BCUT2D eigenvalue weighted by molar-refractivity contribution is 0.102. The molecule has 28 heavy (non-hydrogen) atoms. The third kappa shape index (κ3) is 5.31. The lowest BCUT2D eigenvalue weighted by atomic mass is 10.2. The number of anilines is 1. The molecule has 0 aliphatic heterocycles. The highest BCUT2D eigenvalue weighted by atomic mass is 16.5. The summed E-state index contributed by atoms with van der Waals surface area (Å²) in [5.41, 5.74) is 1.61. The zero-order valence-electron chi connectivity index (χ0n) is 15.2. The Kier molecular flexibility index (Phi) is 6.20. The van der Waals surface area contributed by atoms with Crippen molar-refractivity contribution in [3.05, 3.63) is 84.2 Å². The second-order valence-electron chi connectivity index (χ2n) is 5.77. The number of carbonyl (C=O) groups excluding carboxylic acids is 2. The second kappa shape index (κ2) is 9.18. The molecule has 0 bridgehead atoms. The van der Waals surface area contributed by atoms with E-state index in [1.807, 2.05) is 30.3 Å². The summed E-state index contributed by atoms with van der Waals surface area (Å²) in [4.78, 5) is 27.7. The monoisotopic (exact) mass is 377 g/mol. The van der Waals surface area contributed by atoms with Crippen LogP contribution in [0.3, 0.4) is 0 Å². The Hall–Kier alpha value is -3.87. The molecule has 0 unspecified atom stereocenters. The van der Waals surface area contributed by atoms with Crippen molar-refractivity contribution in [1.82, 2.24) is 10.3 Å². The molecule has 3 rings (SSSR count). The second-order valence-corrected chi connectivity index (χ2v) is 5.77. The maximum atomic E-state index is 12.5. The molecule has 7 heteroatoms. The number of ether oxygens (including phenoxy) is 2. The number of nitrogens with one attached hydrogen (secondary N) is 2. The lowest BCUT2D eigenvalue weighted by Crippen LogP contribution is -2.23. The van der Waals surface area contributed by atoms with Crippen LogP contribution in [0.25, 0.3) is 0 Å². The summed E-state index contributed by atoms with van der Waals surface area (Å²) in [5.74, 6) is 1.13. The van der Waals surface area contributed by atoms with Gasteiger partial charge >= 0.3 is 6.09 Å². The van der Waals surface area contributed by atoms with E-state index in [-0.39, 0.29) is 12.5 Å². The van der Waals surface area contributed by atoms with Crippen molar-refractivity contribution in [3.63, 3.8) is 0 Å². The van der Waals surface area contributed by atoms with Gasteiger partial charge in [0.1, 0.15) is 11.5 Å². The molecule has 0 spiro atoms. The van der Waals surface area contributed by atoms with E-state index >= 15 is 0 Å². The number of nitrogens with zero attached hydrogens (tertiary/aromatic N) is 1. The molecular weight excluding hydrogens is 358 g/mol. The van der Waals surface area contributed by atoms with Crippen molar-refractivity contribution < 1.29 is 19.1 Å². The zero-order valence-corrected chi connectivity index (χ0v) is 15.2. The van der Waals surface area contributed by atoms with Crippen LogP contribution in [-0.2, 0) is 11.3 Å². The summed E-state index contributed by atoms with van der Waals surface area (Å²) in [6.07, 6.45) is 0.953. The van der Waals surface area contributed by atoms with Gasteiger partial charge in [-0.1, -0.05) is 18.2 Å². The van der Waals surface area contributed by atoms with E-state index in [0.717, 1.165) is 5.75 Å². The normalized spacial score (nSPS) is 10.0. The Balaban J connectivity index is 1.60. The topological polar surface area (TPSA) is 89.5 Å². The molecule has 3 aromatic rings. The third-order valence-electron chi connectivity index (χ3n) is 3.77. The number of rotatable bonds is 6. The van der Waals surface area contributed by atoms with Crippen LogP contribution < -0.4 is 15.4 Å². The first-order chi connectivity index (χ1) is 13.6. The molecule has 0 saturated heterocycles. The van der Waals surface area contributed by atoms with Crippen LogP contribution in [0, 0.1) is 0 Å².